The Hall–Kier alpha value is -2.18. The molecule has 2 aromatic rings. The van der Waals surface area contributed by atoms with Gasteiger partial charge in [-0.25, -0.2) is 9.93 Å². The van der Waals surface area contributed by atoms with Gasteiger partial charge in [0.05, 0.1) is 6.54 Å². The molecule has 0 bridgehead atoms. The molecule has 0 unspecified atom stereocenters. The highest BCUT2D eigenvalue weighted by atomic mass is 32.2. The van der Waals surface area contributed by atoms with E-state index in [2.05, 4.69) is 0 Å². The van der Waals surface area contributed by atoms with Gasteiger partial charge in [0.2, 0.25) is 0 Å². The van der Waals surface area contributed by atoms with Crippen molar-refractivity contribution in [2.24, 2.45) is 5.14 Å². The number of ether oxygens (including phenoxy) is 1. The van der Waals surface area contributed by atoms with Crippen LogP contribution in [0.2, 0.25) is 0 Å². The molecule has 0 atom stereocenters. The molecule has 0 saturated heterocycles. The Labute approximate surface area is 120 Å². The van der Waals surface area contributed by atoms with Crippen molar-refractivity contribution >= 4 is 24.0 Å². The highest BCUT2D eigenvalue weighted by Gasteiger charge is 2.26. The minimum atomic E-state index is -0.402. The lowest BCUT2D eigenvalue weighted by molar-refractivity contribution is 0.203. The summed E-state index contributed by atoms with van der Waals surface area (Å²) in [5.41, 5.74) is 1.73. The molecule has 20 heavy (non-hydrogen) atoms. The standard InChI is InChI=1S/C14H12N2O3S/c15-20-19-12-7-6-10-9-16(11-4-2-1-3-5-11)14(17)18-13(10)8-12/h1-8H,9,15H2. The van der Waals surface area contributed by atoms with Gasteiger partial charge in [0.15, 0.2) is 0 Å². The second-order valence-electron chi connectivity index (χ2n) is 4.24. The first-order valence-electron chi connectivity index (χ1n) is 5.98. The van der Waals surface area contributed by atoms with Crippen LogP contribution in [-0.4, -0.2) is 6.09 Å². The monoisotopic (exact) mass is 288 g/mol. The summed E-state index contributed by atoms with van der Waals surface area (Å²) in [5.74, 6) is 1.06. The van der Waals surface area contributed by atoms with Crippen molar-refractivity contribution in [2.45, 2.75) is 6.54 Å². The van der Waals surface area contributed by atoms with Crippen LogP contribution >= 0.6 is 12.2 Å². The van der Waals surface area contributed by atoms with E-state index in [-0.39, 0.29) is 0 Å². The molecule has 5 nitrogen and oxygen atoms in total. The Morgan fingerprint density at radius 3 is 2.75 bits per heavy atom. The van der Waals surface area contributed by atoms with Crippen LogP contribution in [-0.2, 0) is 6.54 Å². The fraction of sp³-hybridized carbons (Fsp3) is 0.0714. The van der Waals surface area contributed by atoms with Gasteiger partial charge in [0, 0.05) is 17.3 Å². The number of nitrogens with two attached hydrogens (primary N) is 1. The van der Waals surface area contributed by atoms with Crippen molar-refractivity contribution in [2.75, 3.05) is 4.90 Å². The molecule has 0 fully saturated rings. The van der Waals surface area contributed by atoms with Crippen LogP contribution < -0.4 is 19.0 Å². The van der Waals surface area contributed by atoms with Gasteiger partial charge >= 0.3 is 6.09 Å². The molecule has 1 aliphatic heterocycles. The molecule has 2 N–H and O–H groups in total. The van der Waals surface area contributed by atoms with E-state index in [1.165, 1.54) is 0 Å². The number of fused-ring (bicyclic) bond motifs is 1. The quantitative estimate of drug-likeness (QED) is 0.694. The molecule has 2 aromatic carbocycles. The molecule has 0 spiro atoms. The number of hydrogen-bond donors (Lipinski definition) is 1. The zero-order valence-corrected chi connectivity index (χ0v) is 11.3. The van der Waals surface area contributed by atoms with E-state index in [0.717, 1.165) is 23.5 Å². The molecule has 3 rings (SSSR count). The second-order valence-corrected chi connectivity index (χ2v) is 4.60. The summed E-state index contributed by atoms with van der Waals surface area (Å²) >= 11 is 0.753. The fourth-order valence-electron chi connectivity index (χ4n) is 2.06. The van der Waals surface area contributed by atoms with Gasteiger partial charge in [-0.15, -0.1) is 0 Å². The van der Waals surface area contributed by atoms with E-state index in [1.54, 1.807) is 17.0 Å². The number of nitrogens with zero attached hydrogens (tertiary/aromatic N) is 1. The Bertz CT molecular complexity index is 634. The number of benzene rings is 2. The Balaban J connectivity index is 1.90. The number of carbonyl (C=O) groups excluding carboxylic acids is 1. The van der Waals surface area contributed by atoms with Gasteiger partial charge < -0.3 is 8.92 Å². The normalized spacial score (nSPS) is 13.7. The first-order valence-corrected chi connectivity index (χ1v) is 6.79. The summed E-state index contributed by atoms with van der Waals surface area (Å²) in [6.45, 7) is 0.466. The number of rotatable bonds is 3. The maximum atomic E-state index is 12.1. The van der Waals surface area contributed by atoms with Crippen LogP contribution in [0.4, 0.5) is 10.5 Å². The van der Waals surface area contributed by atoms with Crippen LogP contribution in [0.5, 0.6) is 11.5 Å². The minimum absolute atomic E-state index is 0.402. The number of hydrogen-bond acceptors (Lipinski definition) is 5. The molecule has 0 saturated carbocycles. The third-order valence-electron chi connectivity index (χ3n) is 3.00. The maximum Gasteiger partial charge on any atom is 0.420 e. The average molecular weight is 288 g/mol. The average Bonchev–Trinajstić information content (AvgIpc) is 2.48. The molecule has 0 aromatic heterocycles. The fourth-order valence-corrected chi connectivity index (χ4v) is 2.27. The Morgan fingerprint density at radius 2 is 2.00 bits per heavy atom. The van der Waals surface area contributed by atoms with Crippen molar-refractivity contribution in [1.82, 2.24) is 0 Å². The van der Waals surface area contributed by atoms with Crippen molar-refractivity contribution in [3.05, 3.63) is 54.1 Å². The van der Waals surface area contributed by atoms with E-state index in [1.807, 2.05) is 36.4 Å². The van der Waals surface area contributed by atoms with Gasteiger partial charge in [-0.2, -0.15) is 0 Å². The topological polar surface area (TPSA) is 64.8 Å². The van der Waals surface area contributed by atoms with Crippen LogP contribution in [0.3, 0.4) is 0 Å². The highest BCUT2D eigenvalue weighted by molar-refractivity contribution is 7.92. The van der Waals surface area contributed by atoms with Crippen molar-refractivity contribution in [1.29, 1.82) is 0 Å². The molecule has 1 heterocycles. The van der Waals surface area contributed by atoms with Gasteiger partial charge in [0.1, 0.15) is 23.7 Å². The van der Waals surface area contributed by atoms with Crippen molar-refractivity contribution in [3.8, 4) is 11.5 Å². The lowest BCUT2D eigenvalue weighted by atomic mass is 10.1. The van der Waals surface area contributed by atoms with E-state index in [9.17, 15) is 4.79 Å². The predicted octanol–water partition coefficient (Wildman–Crippen LogP) is 3.11. The third kappa shape index (κ3) is 2.43. The minimum Gasteiger partial charge on any atom is -0.410 e. The van der Waals surface area contributed by atoms with Crippen LogP contribution in [0.1, 0.15) is 5.56 Å². The maximum absolute atomic E-state index is 12.1. The van der Waals surface area contributed by atoms with Gasteiger partial charge in [-0.05, 0) is 24.3 Å². The lowest BCUT2D eigenvalue weighted by Gasteiger charge is -2.28. The third-order valence-corrected chi connectivity index (χ3v) is 3.29. The van der Waals surface area contributed by atoms with Crippen LogP contribution in [0.15, 0.2) is 48.5 Å². The SMILES string of the molecule is NSOc1ccc2c(c1)OC(=O)N(c1ccccc1)C2. The molecule has 1 aliphatic rings. The Kier molecular flexibility index (Phi) is 3.49. The van der Waals surface area contributed by atoms with E-state index < -0.39 is 6.09 Å². The summed E-state index contributed by atoms with van der Waals surface area (Å²) in [6, 6.07) is 14.7. The van der Waals surface area contributed by atoms with E-state index in [4.69, 9.17) is 14.1 Å². The molecule has 6 heteroatoms. The van der Waals surface area contributed by atoms with Gasteiger partial charge in [-0.1, -0.05) is 18.2 Å². The van der Waals surface area contributed by atoms with Gasteiger partial charge in [0.25, 0.3) is 0 Å². The van der Waals surface area contributed by atoms with E-state index in [0.29, 0.717) is 18.0 Å². The summed E-state index contributed by atoms with van der Waals surface area (Å²) in [7, 11) is 0. The van der Waals surface area contributed by atoms with Crippen LogP contribution in [0, 0.1) is 0 Å². The molecular weight excluding hydrogens is 276 g/mol. The summed E-state index contributed by atoms with van der Waals surface area (Å²) < 4.78 is 10.5. The van der Waals surface area contributed by atoms with Gasteiger partial charge in [-0.3, -0.25) is 4.90 Å². The van der Waals surface area contributed by atoms with Crippen molar-refractivity contribution < 1.29 is 13.7 Å². The first kappa shape index (κ1) is 12.8. The number of carbonyl (C=O) groups is 1. The number of anilines is 1. The smallest absolute Gasteiger partial charge is 0.410 e. The summed E-state index contributed by atoms with van der Waals surface area (Å²) in [4.78, 5) is 13.6. The zero-order valence-electron chi connectivity index (χ0n) is 10.5. The number of amides is 1. The number of para-hydroxylation sites is 1. The summed E-state index contributed by atoms with van der Waals surface area (Å²) in [6.07, 6.45) is -0.402. The lowest BCUT2D eigenvalue weighted by Crippen LogP contribution is -2.36. The van der Waals surface area contributed by atoms with Crippen molar-refractivity contribution in [3.63, 3.8) is 0 Å². The molecular formula is C14H12N2O3S. The zero-order chi connectivity index (χ0) is 13.9. The first-order chi connectivity index (χ1) is 9.78. The van der Waals surface area contributed by atoms with E-state index >= 15 is 0 Å². The predicted molar refractivity (Wildman–Crippen MR) is 77.5 cm³/mol. The van der Waals surface area contributed by atoms with Crippen LogP contribution in [0.25, 0.3) is 0 Å². The largest absolute Gasteiger partial charge is 0.420 e. The molecule has 0 radical (unpaired) electrons. The second kappa shape index (κ2) is 5.44. The molecule has 102 valence electrons. The Morgan fingerprint density at radius 1 is 1.20 bits per heavy atom. The summed E-state index contributed by atoms with van der Waals surface area (Å²) in [5, 5.41) is 5.24. The molecule has 1 amide bonds. The molecule has 0 aliphatic carbocycles. The highest BCUT2D eigenvalue weighted by Crippen LogP contribution is 2.32.